The van der Waals surface area contributed by atoms with Gasteiger partial charge in [0.25, 0.3) is 0 Å². The second-order valence-electron chi connectivity index (χ2n) is 7.56. The van der Waals surface area contributed by atoms with Gasteiger partial charge in [-0.3, -0.25) is 0 Å². The third-order valence-electron chi connectivity index (χ3n) is 4.79. The average Bonchev–Trinajstić information content (AvgIpc) is 2.52. The Labute approximate surface area is 140 Å². The van der Waals surface area contributed by atoms with Crippen LogP contribution in [0.4, 0.5) is 0 Å². The van der Waals surface area contributed by atoms with Gasteiger partial charge in [0.1, 0.15) is 5.75 Å². The van der Waals surface area contributed by atoms with Gasteiger partial charge >= 0.3 is 0 Å². The monoisotopic (exact) mass is 311 g/mol. The van der Waals surface area contributed by atoms with Crippen molar-refractivity contribution >= 4 is 10.8 Å². The van der Waals surface area contributed by atoms with Crippen molar-refractivity contribution in [3.63, 3.8) is 0 Å². The van der Waals surface area contributed by atoms with Crippen LogP contribution in [0.1, 0.15) is 27.2 Å². The first-order chi connectivity index (χ1) is 11.1. The summed E-state index contributed by atoms with van der Waals surface area (Å²) in [5.74, 6) is 3.21. The molecule has 2 aromatic carbocycles. The highest BCUT2D eigenvalue weighted by atomic mass is 16.5. The molecule has 0 spiro atoms. The van der Waals surface area contributed by atoms with E-state index in [1.165, 1.54) is 30.3 Å². The molecular weight excluding hydrogens is 282 g/mol. The molecule has 2 nitrogen and oxygen atoms in total. The minimum atomic E-state index is 0.548. The molecule has 2 heteroatoms. The molecule has 0 amide bonds. The Kier molecular flexibility index (Phi) is 5.22. The van der Waals surface area contributed by atoms with Crippen LogP contribution < -0.4 is 4.74 Å². The summed E-state index contributed by atoms with van der Waals surface area (Å²) in [5.41, 5.74) is 0. The minimum absolute atomic E-state index is 0.548. The molecular formula is C21H29NO. The molecule has 2 aromatic rings. The number of nitrogens with zero attached hydrogens (tertiary/aromatic N) is 1. The zero-order valence-corrected chi connectivity index (χ0v) is 14.7. The fourth-order valence-corrected chi connectivity index (χ4v) is 3.99. The van der Waals surface area contributed by atoms with Crippen molar-refractivity contribution in [2.45, 2.75) is 27.2 Å². The summed E-state index contributed by atoms with van der Waals surface area (Å²) in [5, 5.41) is 2.46. The summed E-state index contributed by atoms with van der Waals surface area (Å²) >= 11 is 0. The topological polar surface area (TPSA) is 12.5 Å². The second kappa shape index (κ2) is 7.35. The first-order valence-electron chi connectivity index (χ1n) is 8.94. The molecule has 3 rings (SSSR count). The van der Waals surface area contributed by atoms with Crippen molar-refractivity contribution in [2.75, 3.05) is 26.2 Å². The Morgan fingerprint density at radius 2 is 1.74 bits per heavy atom. The van der Waals surface area contributed by atoms with Crippen molar-refractivity contribution < 1.29 is 4.74 Å². The number of ether oxygens (including phenoxy) is 1. The lowest BCUT2D eigenvalue weighted by atomic mass is 9.91. The Morgan fingerprint density at radius 1 is 1.04 bits per heavy atom. The fourth-order valence-electron chi connectivity index (χ4n) is 3.99. The summed E-state index contributed by atoms with van der Waals surface area (Å²) in [6.45, 7) is 11.5. The summed E-state index contributed by atoms with van der Waals surface area (Å²) < 4.78 is 6.15. The quantitative estimate of drug-likeness (QED) is 0.784. The van der Waals surface area contributed by atoms with Gasteiger partial charge in [-0.25, -0.2) is 0 Å². The highest BCUT2D eigenvalue weighted by Gasteiger charge is 2.22. The molecule has 1 aliphatic heterocycles. The molecule has 0 aromatic heterocycles. The van der Waals surface area contributed by atoms with Gasteiger partial charge < -0.3 is 9.64 Å². The molecule has 23 heavy (non-hydrogen) atoms. The van der Waals surface area contributed by atoms with E-state index in [1.807, 2.05) is 0 Å². The maximum Gasteiger partial charge on any atom is 0.127 e. The number of hydrogen-bond acceptors (Lipinski definition) is 2. The number of fused-ring (bicyclic) bond motifs is 1. The van der Waals surface area contributed by atoms with Gasteiger partial charge in [0, 0.05) is 30.9 Å². The Morgan fingerprint density at radius 3 is 2.52 bits per heavy atom. The number of rotatable bonds is 5. The standard InChI is InChI=1S/C21H29NO/c1-16-11-17(2)13-22(12-16)14-18(3)15-23-21-10-6-8-19-7-4-5-9-20(19)21/h4-10,16-18H,11-15H2,1-3H3/t16-,17-,18+/m1/s1. The van der Waals surface area contributed by atoms with Crippen LogP contribution in [-0.4, -0.2) is 31.1 Å². The molecule has 124 valence electrons. The zero-order chi connectivity index (χ0) is 16.2. The van der Waals surface area contributed by atoms with E-state index < -0.39 is 0 Å². The minimum Gasteiger partial charge on any atom is -0.493 e. The van der Waals surface area contributed by atoms with Gasteiger partial charge in [-0.15, -0.1) is 0 Å². The Balaban J connectivity index is 1.57. The van der Waals surface area contributed by atoms with Crippen LogP contribution in [0.15, 0.2) is 42.5 Å². The normalized spacial score (nSPS) is 23.8. The molecule has 0 bridgehead atoms. The maximum atomic E-state index is 6.15. The highest BCUT2D eigenvalue weighted by Crippen LogP contribution is 2.26. The molecule has 3 atom stereocenters. The van der Waals surface area contributed by atoms with Crippen LogP contribution >= 0.6 is 0 Å². The lowest BCUT2D eigenvalue weighted by Gasteiger charge is -2.36. The van der Waals surface area contributed by atoms with E-state index in [0.29, 0.717) is 5.92 Å². The van der Waals surface area contributed by atoms with Crippen molar-refractivity contribution in [1.29, 1.82) is 0 Å². The molecule has 0 saturated carbocycles. The van der Waals surface area contributed by atoms with E-state index in [4.69, 9.17) is 4.74 Å². The van der Waals surface area contributed by atoms with Crippen molar-refractivity contribution in [2.24, 2.45) is 17.8 Å². The molecule has 0 N–H and O–H groups in total. The van der Waals surface area contributed by atoms with E-state index in [2.05, 4.69) is 68.1 Å². The van der Waals surface area contributed by atoms with Crippen LogP contribution in [-0.2, 0) is 0 Å². The number of benzene rings is 2. The molecule has 1 saturated heterocycles. The van der Waals surface area contributed by atoms with E-state index in [1.54, 1.807) is 0 Å². The predicted octanol–water partition coefficient (Wildman–Crippen LogP) is 4.83. The first kappa shape index (κ1) is 16.3. The Hall–Kier alpha value is -1.54. The van der Waals surface area contributed by atoms with E-state index in [0.717, 1.165) is 30.7 Å². The molecule has 1 fully saturated rings. The number of hydrogen-bond donors (Lipinski definition) is 0. The molecule has 0 unspecified atom stereocenters. The van der Waals surface area contributed by atoms with Crippen LogP contribution in [0.25, 0.3) is 10.8 Å². The summed E-state index contributed by atoms with van der Waals surface area (Å²) in [7, 11) is 0. The molecule has 1 aliphatic rings. The zero-order valence-electron chi connectivity index (χ0n) is 14.7. The molecule has 0 radical (unpaired) electrons. The lowest BCUT2D eigenvalue weighted by Crippen LogP contribution is -2.41. The van der Waals surface area contributed by atoms with Crippen molar-refractivity contribution in [3.05, 3.63) is 42.5 Å². The van der Waals surface area contributed by atoms with Gasteiger partial charge in [0.15, 0.2) is 0 Å². The predicted molar refractivity (Wildman–Crippen MR) is 98.0 cm³/mol. The number of likely N-dealkylation sites (tertiary alicyclic amines) is 1. The highest BCUT2D eigenvalue weighted by molar-refractivity contribution is 5.88. The van der Waals surface area contributed by atoms with Gasteiger partial charge in [-0.05, 0) is 29.7 Å². The van der Waals surface area contributed by atoms with Gasteiger partial charge in [-0.2, -0.15) is 0 Å². The summed E-state index contributed by atoms with van der Waals surface area (Å²) in [4.78, 5) is 2.62. The second-order valence-corrected chi connectivity index (χ2v) is 7.56. The molecule has 0 aliphatic carbocycles. The number of piperidine rings is 1. The van der Waals surface area contributed by atoms with Crippen LogP contribution in [0.3, 0.4) is 0 Å². The average molecular weight is 311 g/mol. The van der Waals surface area contributed by atoms with Gasteiger partial charge in [-0.1, -0.05) is 57.2 Å². The summed E-state index contributed by atoms with van der Waals surface area (Å²) in [6.07, 6.45) is 1.37. The smallest absolute Gasteiger partial charge is 0.127 e. The lowest BCUT2D eigenvalue weighted by molar-refractivity contribution is 0.110. The van der Waals surface area contributed by atoms with Crippen molar-refractivity contribution in [3.8, 4) is 5.75 Å². The van der Waals surface area contributed by atoms with E-state index >= 15 is 0 Å². The fraction of sp³-hybridized carbons (Fsp3) is 0.524. The third kappa shape index (κ3) is 4.26. The van der Waals surface area contributed by atoms with E-state index in [9.17, 15) is 0 Å². The van der Waals surface area contributed by atoms with Gasteiger partial charge in [0.05, 0.1) is 6.61 Å². The van der Waals surface area contributed by atoms with E-state index in [-0.39, 0.29) is 0 Å². The van der Waals surface area contributed by atoms with Crippen LogP contribution in [0.5, 0.6) is 5.75 Å². The van der Waals surface area contributed by atoms with Crippen LogP contribution in [0, 0.1) is 17.8 Å². The van der Waals surface area contributed by atoms with Gasteiger partial charge in [0.2, 0.25) is 0 Å². The molecule has 1 heterocycles. The SMILES string of the molecule is C[C@H](COc1cccc2ccccc12)CN1C[C@H](C)C[C@@H](C)C1. The van der Waals surface area contributed by atoms with Crippen molar-refractivity contribution in [1.82, 2.24) is 4.90 Å². The summed E-state index contributed by atoms with van der Waals surface area (Å²) in [6, 6.07) is 14.7. The Bertz CT molecular complexity index is 623. The first-order valence-corrected chi connectivity index (χ1v) is 8.94. The maximum absolute atomic E-state index is 6.15. The van der Waals surface area contributed by atoms with Crippen LogP contribution in [0.2, 0.25) is 0 Å². The largest absolute Gasteiger partial charge is 0.493 e. The third-order valence-corrected chi connectivity index (χ3v) is 4.79.